The zero-order valence-corrected chi connectivity index (χ0v) is 23.2. The van der Waals surface area contributed by atoms with E-state index in [0.717, 1.165) is 16.9 Å². The molecule has 0 atom stereocenters. The van der Waals surface area contributed by atoms with Crippen molar-refractivity contribution in [3.05, 3.63) is 63.8 Å². The van der Waals surface area contributed by atoms with Crippen molar-refractivity contribution in [1.82, 2.24) is 15.3 Å². The van der Waals surface area contributed by atoms with Crippen molar-refractivity contribution in [2.45, 2.75) is 6.54 Å². The van der Waals surface area contributed by atoms with E-state index in [1.807, 2.05) is 37.2 Å². The van der Waals surface area contributed by atoms with E-state index < -0.39 is 9.84 Å². The fraction of sp³-hybridized carbons (Fsp3) is 0.320. The Morgan fingerprint density at radius 1 is 1.08 bits per heavy atom. The van der Waals surface area contributed by atoms with Crippen LogP contribution in [-0.4, -0.2) is 69.7 Å². The standard InChI is InChI=1S/C25H27Cl2N7O3S/c1-28-13-16-12-17(6-7-21(16)33-8-10-38(36,37)11-9-33)30-25-29-14-18-23(31-25)32(2)15-34(24(18)35)22-19(26)4-3-5-20(22)27/h3-7,12,14,28H,8-11,13,15H2,1-2H3,(H,29,30,31). The Bertz CT molecular complexity index is 1470. The highest BCUT2D eigenvalue weighted by atomic mass is 35.5. The first-order chi connectivity index (χ1) is 18.2. The second-order valence-corrected chi connectivity index (χ2v) is 12.3. The molecular formula is C25H27Cl2N7O3S. The van der Waals surface area contributed by atoms with Gasteiger partial charge in [-0.2, -0.15) is 4.98 Å². The highest BCUT2D eigenvalue weighted by Crippen LogP contribution is 2.37. The summed E-state index contributed by atoms with van der Waals surface area (Å²) in [4.78, 5) is 27.8. The molecule has 2 N–H and O–H groups in total. The van der Waals surface area contributed by atoms with Crippen LogP contribution in [0.4, 0.5) is 28.8 Å². The lowest BCUT2D eigenvalue weighted by atomic mass is 10.1. The molecule has 13 heteroatoms. The molecule has 1 amide bonds. The van der Waals surface area contributed by atoms with Crippen molar-refractivity contribution in [1.29, 1.82) is 0 Å². The van der Waals surface area contributed by atoms with Crippen LogP contribution >= 0.6 is 23.2 Å². The molecule has 3 aromatic rings. The first kappa shape index (κ1) is 26.5. The number of aromatic nitrogens is 2. The summed E-state index contributed by atoms with van der Waals surface area (Å²) >= 11 is 12.7. The lowest BCUT2D eigenvalue weighted by Crippen LogP contribution is -2.46. The lowest BCUT2D eigenvalue weighted by Gasteiger charge is -2.35. The normalized spacial score (nSPS) is 16.9. The molecule has 3 heterocycles. The summed E-state index contributed by atoms with van der Waals surface area (Å²) in [7, 11) is 0.728. The molecule has 0 radical (unpaired) electrons. The van der Waals surface area contributed by atoms with Crippen molar-refractivity contribution in [3.63, 3.8) is 0 Å². The highest BCUT2D eigenvalue weighted by molar-refractivity contribution is 7.91. The molecule has 0 unspecified atom stereocenters. The Kier molecular flexibility index (Phi) is 7.36. The summed E-state index contributed by atoms with van der Waals surface area (Å²) in [6.07, 6.45) is 1.50. The fourth-order valence-corrected chi connectivity index (χ4v) is 6.47. The number of nitrogens with one attached hydrogen (secondary N) is 2. The number of rotatable bonds is 6. The van der Waals surface area contributed by atoms with Crippen LogP contribution in [0.2, 0.25) is 10.0 Å². The van der Waals surface area contributed by atoms with Gasteiger partial charge in [0, 0.05) is 44.3 Å². The van der Waals surface area contributed by atoms with Crippen LogP contribution in [0, 0.1) is 0 Å². The predicted molar refractivity (Wildman–Crippen MR) is 152 cm³/mol. The first-order valence-corrected chi connectivity index (χ1v) is 14.6. The average molecular weight is 577 g/mol. The topological polar surface area (TPSA) is 111 Å². The summed E-state index contributed by atoms with van der Waals surface area (Å²) < 4.78 is 23.7. The van der Waals surface area contributed by atoms with Gasteiger partial charge in [-0.15, -0.1) is 0 Å². The van der Waals surface area contributed by atoms with Crippen LogP contribution in [0.25, 0.3) is 0 Å². The van der Waals surface area contributed by atoms with Gasteiger partial charge in [0.25, 0.3) is 5.91 Å². The SMILES string of the molecule is CNCc1cc(Nc2ncc3c(n2)N(C)CN(c2c(Cl)cccc2Cl)C3=O)ccc1N1CCS(=O)(=O)CC1. The molecular weight excluding hydrogens is 549 g/mol. The van der Waals surface area contributed by atoms with E-state index in [0.29, 0.717) is 52.7 Å². The minimum atomic E-state index is -2.97. The van der Waals surface area contributed by atoms with Crippen LogP contribution in [0.5, 0.6) is 0 Å². The van der Waals surface area contributed by atoms with Gasteiger partial charge >= 0.3 is 0 Å². The van der Waals surface area contributed by atoms with E-state index in [4.69, 9.17) is 23.2 Å². The number of sulfone groups is 1. The Balaban J connectivity index is 1.39. The molecule has 2 aliphatic rings. The summed E-state index contributed by atoms with van der Waals surface area (Å²) in [5.74, 6) is 0.861. The maximum atomic E-state index is 13.3. The number of amides is 1. The smallest absolute Gasteiger partial charge is 0.265 e. The van der Waals surface area contributed by atoms with Gasteiger partial charge in [-0.1, -0.05) is 29.3 Å². The molecule has 0 saturated carbocycles. The minimum absolute atomic E-state index is 0.154. The second kappa shape index (κ2) is 10.6. The van der Waals surface area contributed by atoms with Crippen molar-refractivity contribution in [2.24, 2.45) is 0 Å². The summed E-state index contributed by atoms with van der Waals surface area (Å²) in [5.41, 5.74) is 3.58. The van der Waals surface area contributed by atoms with Crippen LogP contribution in [0.1, 0.15) is 15.9 Å². The molecule has 38 heavy (non-hydrogen) atoms. The van der Waals surface area contributed by atoms with Gasteiger partial charge in [0.05, 0.1) is 33.9 Å². The van der Waals surface area contributed by atoms with Gasteiger partial charge in [0.15, 0.2) is 9.84 Å². The summed E-state index contributed by atoms with van der Waals surface area (Å²) in [6, 6.07) is 11.0. The lowest BCUT2D eigenvalue weighted by molar-refractivity contribution is 0.0982. The highest BCUT2D eigenvalue weighted by Gasteiger charge is 2.33. The Hall–Kier alpha value is -3.12. The van der Waals surface area contributed by atoms with E-state index in [-0.39, 0.29) is 24.1 Å². The summed E-state index contributed by atoms with van der Waals surface area (Å²) in [6.45, 7) is 1.77. The molecule has 1 fully saturated rings. The number of para-hydroxylation sites is 1. The van der Waals surface area contributed by atoms with E-state index in [9.17, 15) is 13.2 Å². The predicted octanol–water partition coefficient (Wildman–Crippen LogP) is 3.54. The average Bonchev–Trinajstić information content (AvgIpc) is 2.87. The van der Waals surface area contributed by atoms with E-state index in [1.54, 1.807) is 18.2 Å². The van der Waals surface area contributed by atoms with Crippen molar-refractivity contribution >= 4 is 67.8 Å². The third-order valence-corrected chi connectivity index (χ3v) is 8.77. The van der Waals surface area contributed by atoms with Gasteiger partial charge in [-0.25, -0.2) is 13.4 Å². The number of carbonyl (C=O) groups is 1. The van der Waals surface area contributed by atoms with Crippen LogP contribution in [0.15, 0.2) is 42.6 Å². The minimum Gasteiger partial charge on any atom is -0.369 e. The molecule has 1 aromatic heterocycles. The van der Waals surface area contributed by atoms with Crippen molar-refractivity contribution < 1.29 is 13.2 Å². The zero-order valence-electron chi connectivity index (χ0n) is 20.9. The number of hydrogen-bond acceptors (Lipinski definition) is 9. The largest absolute Gasteiger partial charge is 0.369 e. The molecule has 0 aliphatic carbocycles. The van der Waals surface area contributed by atoms with E-state index in [2.05, 4.69) is 25.5 Å². The van der Waals surface area contributed by atoms with Gasteiger partial charge in [-0.3, -0.25) is 9.69 Å². The van der Waals surface area contributed by atoms with Gasteiger partial charge < -0.3 is 20.4 Å². The Labute approximate surface area is 231 Å². The second-order valence-electron chi connectivity index (χ2n) is 9.21. The van der Waals surface area contributed by atoms with Gasteiger partial charge in [-0.05, 0) is 42.9 Å². The van der Waals surface area contributed by atoms with Crippen molar-refractivity contribution in [2.75, 3.05) is 65.4 Å². The summed E-state index contributed by atoms with van der Waals surface area (Å²) in [5, 5.41) is 7.18. The van der Waals surface area contributed by atoms with Crippen LogP contribution in [0.3, 0.4) is 0 Å². The number of anilines is 5. The molecule has 200 valence electrons. The number of benzene rings is 2. The Morgan fingerprint density at radius 2 is 1.79 bits per heavy atom. The molecule has 0 spiro atoms. The number of nitrogens with zero attached hydrogens (tertiary/aromatic N) is 5. The Morgan fingerprint density at radius 3 is 2.47 bits per heavy atom. The monoisotopic (exact) mass is 575 g/mol. The quantitative estimate of drug-likeness (QED) is 0.455. The molecule has 5 rings (SSSR count). The van der Waals surface area contributed by atoms with Gasteiger partial charge in [0.2, 0.25) is 5.95 Å². The van der Waals surface area contributed by atoms with Crippen LogP contribution < -0.4 is 25.3 Å². The molecule has 0 bridgehead atoms. The first-order valence-electron chi connectivity index (χ1n) is 12.0. The third kappa shape index (κ3) is 5.24. The molecule has 2 aliphatic heterocycles. The van der Waals surface area contributed by atoms with E-state index >= 15 is 0 Å². The maximum Gasteiger partial charge on any atom is 0.265 e. The molecule has 1 saturated heterocycles. The van der Waals surface area contributed by atoms with Crippen molar-refractivity contribution in [3.8, 4) is 0 Å². The third-order valence-electron chi connectivity index (χ3n) is 6.55. The number of hydrogen-bond donors (Lipinski definition) is 2. The molecule has 10 nitrogen and oxygen atoms in total. The fourth-order valence-electron chi connectivity index (χ4n) is 4.67. The number of halogens is 2. The number of carbonyl (C=O) groups excluding carboxylic acids is 1. The van der Waals surface area contributed by atoms with Gasteiger partial charge in [0.1, 0.15) is 11.4 Å². The van der Waals surface area contributed by atoms with Crippen LogP contribution in [-0.2, 0) is 16.4 Å². The number of fused-ring (bicyclic) bond motifs is 1. The van der Waals surface area contributed by atoms with E-state index in [1.165, 1.54) is 11.1 Å². The zero-order chi connectivity index (χ0) is 27.0. The molecule has 2 aromatic carbocycles. The maximum absolute atomic E-state index is 13.3.